The van der Waals surface area contributed by atoms with Gasteiger partial charge in [0, 0.05) is 10.8 Å². The molecule has 0 aliphatic heterocycles. The third kappa shape index (κ3) is 5.95. The van der Waals surface area contributed by atoms with Crippen LogP contribution in [0.3, 0.4) is 0 Å². The van der Waals surface area contributed by atoms with Gasteiger partial charge in [-0.25, -0.2) is 0 Å². The molecule has 0 aromatic heterocycles. The zero-order valence-corrected chi connectivity index (χ0v) is 10.8. The molecule has 0 saturated carbocycles. The third-order valence-electron chi connectivity index (χ3n) is 1.76. The Hall–Kier alpha value is -0.340. The van der Waals surface area contributed by atoms with Crippen molar-refractivity contribution in [3.63, 3.8) is 0 Å². The summed E-state index contributed by atoms with van der Waals surface area (Å²) in [6, 6.07) is 7.49. The number of benzene rings is 1. The first-order valence-corrected chi connectivity index (χ1v) is 6.68. The van der Waals surface area contributed by atoms with Crippen molar-refractivity contribution in [3.05, 3.63) is 29.3 Å². The van der Waals surface area contributed by atoms with Gasteiger partial charge < -0.3 is 4.74 Å². The van der Waals surface area contributed by atoms with Gasteiger partial charge in [0.1, 0.15) is 5.75 Å². The van der Waals surface area contributed by atoms with Gasteiger partial charge in [0.2, 0.25) is 0 Å². The van der Waals surface area contributed by atoms with Gasteiger partial charge in [-0.05, 0) is 35.9 Å². The van der Waals surface area contributed by atoms with Gasteiger partial charge in [-0.15, -0.1) is 0 Å². The van der Waals surface area contributed by atoms with E-state index in [0.717, 1.165) is 29.0 Å². The Morgan fingerprint density at radius 3 is 2.53 bits per heavy atom. The Kier molecular flexibility index (Phi) is 5.96. The lowest BCUT2D eigenvalue weighted by molar-refractivity contribution is 0.344. The van der Waals surface area contributed by atoms with E-state index in [-0.39, 0.29) is 0 Å². The average Bonchev–Trinajstić information content (AvgIpc) is 2.20. The Balaban J connectivity index is 2.12. The molecule has 0 heterocycles. The lowest BCUT2D eigenvalue weighted by Gasteiger charge is -2.07. The van der Waals surface area contributed by atoms with Gasteiger partial charge >= 0.3 is 0 Å². The van der Waals surface area contributed by atoms with E-state index in [1.165, 1.54) is 5.75 Å². The number of halogens is 1. The van der Waals surface area contributed by atoms with E-state index < -0.39 is 0 Å². The molecule has 0 radical (unpaired) electrons. The van der Waals surface area contributed by atoms with Crippen molar-refractivity contribution >= 4 is 23.4 Å². The summed E-state index contributed by atoms with van der Waals surface area (Å²) < 4.78 is 5.56. The molecule has 0 fully saturated rings. The van der Waals surface area contributed by atoms with E-state index in [1.54, 1.807) is 0 Å². The zero-order valence-electron chi connectivity index (χ0n) is 9.20. The lowest BCUT2D eigenvalue weighted by atomic mass is 10.3. The molecule has 0 aliphatic rings. The number of ether oxygens (including phenoxy) is 1. The van der Waals surface area contributed by atoms with Gasteiger partial charge in [-0.1, -0.05) is 25.4 Å². The maximum absolute atomic E-state index is 5.77. The molecule has 0 bridgehead atoms. The predicted molar refractivity (Wildman–Crippen MR) is 69.1 cm³/mol. The first-order chi connectivity index (χ1) is 7.18. The lowest BCUT2D eigenvalue weighted by Crippen LogP contribution is -2.02. The van der Waals surface area contributed by atoms with E-state index in [1.807, 2.05) is 36.0 Å². The van der Waals surface area contributed by atoms with Crippen LogP contribution in [-0.2, 0) is 0 Å². The van der Waals surface area contributed by atoms with E-state index in [9.17, 15) is 0 Å². The molecule has 1 aromatic carbocycles. The van der Waals surface area contributed by atoms with Crippen molar-refractivity contribution in [1.29, 1.82) is 0 Å². The minimum atomic E-state index is 0.747. The van der Waals surface area contributed by atoms with Gasteiger partial charge in [-0.3, -0.25) is 0 Å². The second-order valence-corrected chi connectivity index (χ2v) is 5.36. The summed E-state index contributed by atoms with van der Waals surface area (Å²) in [7, 11) is 0. The summed E-state index contributed by atoms with van der Waals surface area (Å²) in [4.78, 5) is 0. The molecule has 1 aromatic rings. The van der Waals surface area contributed by atoms with Crippen molar-refractivity contribution in [2.75, 3.05) is 18.1 Å². The van der Waals surface area contributed by atoms with Crippen LogP contribution in [0.5, 0.6) is 5.75 Å². The van der Waals surface area contributed by atoms with Crippen LogP contribution in [0.2, 0.25) is 5.02 Å². The van der Waals surface area contributed by atoms with Crippen LogP contribution in [0.25, 0.3) is 0 Å². The molecule has 15 heavy (non-hydrogen) atoms. The highest BCUT2D eigenvalue weighted by Crippen LogP contribution is 2.16. The van der Waals surface area contributed by atoms with Gasteiger partial charge in [0.15, 0.2) is 0 Å². The molecule has 0 amide bonds. The maximum Gasteiger partial charge on any atom is 0.119 e. The molecule has 0 unspecified atom stereocenters. The Bertz CT molecular complexity index is 271. The molecule has 0 atom stereocenters. The fourth-order valence-corrected chi connectivity index (χ4v) is 2.03. The summed E-state index contributed by atoms with van der Waals surface area (Å²) in [5.41, 5.74) is 0. The molecule has 0 saturated heterocycles. The highest BCUT2D eigenvalue weighted by atomic mass is 35.5. The Labute approximate surface area is 101 Å². The first kappa shape index (κ1) is 12.7. The largest absolute Gasteiger partial charge is 0.493 e. The highest BCUT2D eigenvalue weighted by molar-refractivity contribution is 7.99. The van der Waals surface area contributed by atoms with Crippen LogP contribution in [0, 0.1) is 5.92 Å². The van der Waals surface area contributed by atoms with E-state index >= 15 is 0 Å². The molecule has 1 rings (SSSR count). The monoisotopic (exact) mass is 244 g/mol. The predicted octanol–water partition coefficient (Wildman–Crippen LogP) is 4.11. The SMILES string of the molecule is CC(C)CSCCOc1ccc(Cl)cc1. The van der Waals surface area contributed by atoms with Crippen molar-refractivity contribution in [2.45, 2.75) is 13.8 Å². The summed E-state index contributed by atoms with van der Waals surface area (Å²) in [5, 5.41) is 0.747. The second-order valence-electron chi connectivity index (χ2n) is 3.77. The molecule has 3 heteroatoms. The molecular weight excluding hydrogens is 228 g/mol. The Morgan fingerprint density at radius 2 is 1.93 bits per heavy atom. The van der Waals surface area contributed by atoms with Crippen LogP contribution in [0.1, 0.15) is 13.8 Å². The molecule has 0 N–H and O–H groups in total. The molecule has 0 aliphatic carbocycles. The summed E-state index contributed by atoms with van der Waals surface area (Å²) in [6.45, 7) is 5.22. The number of rotatable bonds is 6. The maximum atomic E-state index is 5.77. The zero-order chi connectivity index (χ0) is 11.1. The highest BCUT2D eigenvalue weighted by Gasteiger charge is 1.96. The number of thioether (sulfide) groups is 1. The minimum Gasteiger partial charge on any atom is -0.493 e. The normalized spacial score (nSPS) is 10.7. The molecular formula is C12H17ClOS. The van der Waals surface area contributed by atoms with Crippen molar-refractivity contribution in [3.8, 4) is 5.75 Å². The van der Waals surface area contributed by atoms with E-state index in [0.29, 0.717) is 0 Å². The topological polar surface area (TPSA) is 9.23 Å². The van der Waals surface area contributed by atoms with Gasteiger partial charge in [-0.2, -0.15) is 11.8 Å². The first-order valence-electron chi connectivity index (χ1n) is 5.14. The van der Waals surface area contributed by atoms with Crippen molar-refractivity contribution < 1.29 is 4.74 Å². The van der Waals surface area contributed by atoms with Gasteiger partial charge in [0.05, 0.1) is 6.61 Å². The smallest absolute Gasteiger partial charge is 0.119 e. The fraction of sp³-hybridized carbons (Fsp3) is 0.500. The molecule has 0 spiro atoms. The standard InChI is InChI=1S/C12H17ClOS/c1-10(2)9-15-8-7-14-12-5-3-11(13)4-6-12/h3-6,10H,7-9H2,1-2H3. The van der Waals surface area contributed by atoms with Gasteiger partial charge in [0.25, 0.3) is 0 Å². The number of hydrogen-bond acceptors (Lipinski definition) is 2. The van der Waals surface area contributed by atoms with Crippen molar-refractivity contribution in [2.24, 2.45) is 5.92 Å². The average molecular weight is 245 g/mol. The molecule has 1 nitrogen and oxygen atoms in total. The second kappa shape index (κ2) is 7.02. The Morgan fingerprint density at radius 1 is 1.27 bits per heavy atom. The van der Waals surface area contributed by atoms with Crippen LogP contribution >= 0.6 is 23.4 Å². The van der Waals surface area contributed by atoms with Crippen LogP contribution in [0.15, 0.2) is 24.3 Å². The van der Waals surface area contributed by atoms with Crippen LogP contribution in [-0.4, -0.2) is 18.1 Å². The van der Waals surface area contributed by atoms with Crippen LogP contribution in [0.4, 0.5) is 0 Å². The van der Waals surface area contributed by atoms with Crippen molar-refractivity contribution in [1.82, 2.24) is 0 Å². The summed E-state index contributed by atoms with van der Waals surface area (Å²) in [5.74, 6) is 3.89. The third-order valence-corrected chi connectivity index (χ3v) is 3.37. The fourth-order valence-electron chi connectivity index (χ4n) is 1.07. The summed E-state index contributed by atoms with van der Waals surface area (Å²) in [6.07, 6.45) is 0. The van der Waals surface area contributed by atoms with Crippen LogP contribution < -0.4 is 4.74 Å². The number of hydrogen-bond donors (Lipinski definition) is 0. The summed E-state index contributed by atoms with van der Waals surface area (Å²) >= 11 is 7.70. The molecule has 84 valence electrons. The quantitative estimate of drug-likeness (QED) is 0.697. The van der Waals surface area contributed by atoms with E-state index in [2.05, 4.69) is 13.8 Å². The minimum absolute atomic E-state index is 0.747. The van der Waals surface area contributed by atoms with E-state index in [4.69, 9.17) is 16.3 Å².